The Balaban J connectivity index is 2.38. The Morgan fingerprint density at radius 3 is 2.72 bits per heavy atom. The molecule has 1 unspecified atom stereocenters. The maximum absolute atomic E-state index is 12.0. The average molecular weight is 264 g/mol. The summed E-state index contributed by atoms with van der Waals surface area (Å²) in [5.74, 6) is 0.0151. The molecule has 0 aliphatic rings. The zero-order valence-electron chi connectivity index (χ0n) is 10.2. The number of para-hydroxylation sites is 1. The fourth-order valence-electron chi connectivity index (χ4n) is 1.98. The van der Waals surface area contributed by atoms with Crippen LogP contribution in [-0.4, -0.2) is 25.2 Å². The predicted molar refractivity (Wildman–Crippen MR) is 72.9 cm³/mol. The first-order chi connectivity index (χ1) is 8.48. The molecule has 1 atom stereocenters. The van der Waals surface area contributed by atoms with E-state index in [1.807, 2.05) is 24.3 Å². The van der Waals surface area contributed by atoms with Crippen LogP contribution in [0.5, 0.6) is 0 Å². The summed E-state index contributed by atoms with van der Waals surface area (Å²) in [6.07, 6.45) is 1.64. The van der Waals surface area contributed by atoms with Gasteiger partial charge in [-0.05, 0) is 24.6 Å². The van der Waals surface area contributed by atoms with Gasteiger partial charge in [0.2, 0.25) is 0 Å². The smallest absolute Gasteiger partial charge is 0.155 e. The third-order valence-electron chi connectivity index (χ3n) is 2.63. The largest absolute Gasteiger partial charge is 0.327 e. The molecule has 0 fully saturated rings. The standard InChI is InChI=1S/C13H16N2O2S/c1-10(14)8-18(16,17)9-11-6-7-15-13-5-3-2-4-12(11)13/h2-7,10H,8-9,14H2,1H3. The van der Waals surface area contributed by atoms with Crippen LogP contribution in [0, 0.1) is 0 Å². The summed E-state index contributed by atoms with van der Waals surface area (Å²) in [4.78, 5) is 4.21. The first-order valence-electron chi connectivity index (χ1n) is 5.76. The minimum absolute atomic E-state index is 0.00362. The van der Waals surface area contributed by atoms with E-state index in [1.165, 1.54) is 0 Å². The van der Waals surface area contributed by atoms with E-state index >= 15 is 0 Å². The lowest BCUT2D eigenvalue weighted by atomic mass is 10.1. The third-order valence-corrected chi connectivity index (χ3v) is 4.42. The minimum atomic E-state index is -3.18. The number of fused-ring (bicyclic) bond motifs is 1. The molecule has 0 radical (unpaired) electrons. The van der Waals surface area contributed by atoms with Crippen molar-refractivity contribution in [3.63, 3.8) is 0 Å². The minimum Gasteiger partial charge on any atom is -0.327 e. The molecule has 2 aromatic rings. The maximum atomic E-state index is 12.0. The molecule has 96 valence electrons. The summed E-state index contributed by atoms with van der Waals surface area (Å²) < 4.78 is 23.9. The quantitative estimate of drug-likeness (QED) is 0.908. The molecule has 2 N–H and O–H groups in total. The third kappa shape index (κ3) is 3.05. The number of benzene rings is 1. The molecular formula is C13H16N2O2S. The molecule has 1 aromatic carbocycles. The predicted octanol–water partition coefficient (Wildman–Crippen LogP) is 1.50. The van der Waals surface area contributed by atoms with Crippen LogP contribution in [0.1, 0.15) is 12.5 Å². The van der Waals surface area contributed by atoms with Gasteiger partial charge in [-0.15, -0.1) is 0 Å². The summed E-state index contributed by atoms with van der Waals surface area (Å²) in [5, 5.41) is 0.883. The summed E-state index contributed by atoms with van der Waals surface area (Å²) in [5.41, 5.74) is 7.14. The van der Waals surface area contributed by atoms with Gasteiger partial charge in [0.1, 0.15) is 0 Å². The molecule has 0 aliphatic heterocycles. The van der Waals surface area contributed by atoms with Gasteiger partial charge in [0.05, 0.1) is 17.0 Å². The highest BCUT2D eigenvalue weighted by molar-refractivity contribution is 7.90. The van der Waals surface area contributed by atoms with Crippen LogP contribution in [0.3, 0.4) is 0 Å². The summed E-state index contributed by atoms with van der Waals surface area (Å²) in [6, 6.07) is 8.93. The lowest BCUT2D eigenvalue weighted by molar-refractivity contribution is 0.589. The summed E-state index contributed by atoms with van der Waals surface area (Å²) in [7, 11) is -3.18. The molecule has 18 heavy (non-hydrogen) atoms. The Bertz CT molecular complexity index is 646. The molecule has 2 rings (SSSR count). The Kier molecular flexibility index (Phi) is 3.63. The first-order valence-corrected chi connectivity index (χ1v) is 7.59. The number of hydrogen-bond acceptors (Lipinski definition) is 4. The Morgan fingerprint density at radius 2 is 2.00 bits per heavy atom. The van der Waals surface area contributed by atoms with Gasteiger partial charge in [-0.1, -0.05) is 18.2 Å². The van der Waals surface area contributed by atoms with Gasteiger partial charge in [-0.3, -0.25) is 4.98 Å². The van der Waals surface area contributed by atoms with Crippen molar-refractivity contribution in [3.8, 4) is 0 Å². The van der Waals surface area contributed by atoms with Gasteiger partial charge in [0, 0.05) is 17.6 Å². The van der Waals surface area contributed by atoms with Gasteiger partial charge >= 0.3 is 0 Å². The van der Waals surface area contributed by atoms with Crippen LogP contribution in [-0.2, 0) is 15.6 Å². The van der Waals surface area contributed by atoms with Crippen LogP contribution in [0.2, 0.25) is 0 Å². The number of rotatable bonds is 4. The highest BCUT2D eigenvalue weighted by Crippen LogP contribution is 2.18. The fraction of sp³-hybridized carbons (Fsp3) is 0.308. The number of hydrogen-bond donors (Lipinski definition) is 1. The monoisotopic (exact) mass is 264 g/mol. The van der Waals surface area contributed by atoms with Crippen LogP contribution in [0.15, 0.2) is 36.5 Å². The SMILES string of the molecule is CC(N)CS(=O)(=O)Cc1ccnc2ccccc12. The van der Waals surface area contributed by atoms with E-state index in [1.54, 1.807) is 19.2 Å². The molecule has 0 bridgehead atoms. The molecular weight excluding hydrogens is 248 g/mol. The van der Waals surface area contributed by atoms with Crippen molar-refractivity contribution >= 4 is 20.7 Å². The Labute approximate surface area is 107 Å². The molecule has 5 heteroatoms. The van der Waals surface area contributed by atoms with Gasteiger partial charge in [0.25, 0.3) is 0 Å². The average Bonchev–Trinajstić information content (AvgIpc) is 2.27. The molecule has 0 aliphatic carbocycles. The van der Waals surface area contributed by atoms with Crippen LogP contribution in [0.25, 0.3) is 10.9 Å². The Morgan fingerprint density at radius 1 is 1.28 bits per heavy atom. The van der Waals surface area contributed by atoms with Crippen molar-refractivity contribution < 1.29 is 8.42 Å². The van der Waals surface area contributed by atoms with E-state index in [-0.39, 0.29) is 17.5 Å². The Hall–Kier alpha value is -1.46. The molecule has 1 heterocycles. The second kappa shape index (κ2) is 5.04. The molecule has 4 nitrogen and oxygen atoms in total. The summed E-state index contributed by atoms with van der Waals surface area (Å²) in [6.45, 7) is 1.70. The van der Waals surface area contributed by atoms with Crippen molar-refractivity contribution in [2.45, 2.75) is 18.7 Å². The zero-order valence-corrected chi connectivity index (χ0v) is 11.0. The van der Waals surface area contributed by atoms with Crippen LogP contribution < -0.4 is 5.73 Å². The van der Waals surface area contributed by atoms with E-state index in [2.05, 4.69) is 4.98 Å². The second-order valence-corrected chi connectivity index (χ2v) is 6.63. The fourth-order valence-corrected chi connectivity index (χ4v) is 3.62. The van der Waals surface area contributed by atoms with Crippen LogP contribution in [0.4, 0.5) is 0 Å². The number of pyridine rings is 1. The van der Waals surface area contributed by atoms with Crippen LogP contribution >= 0.6 is 0 Å². The molecule has 1 aromatic heterocycles. The van der Waals surface area contributed by atoms with Gasteiger partial charge < -0.3 is 5.73 Å². The maximum Gasteiger partial charge on any atom is 0.155 e. The van der Waals surface area contributed by atoms with Crippen molar-refractivity contribution in [2.24, 2.45) is 5.73 Å². The number of nitrogens with two attached hydrogens (primary N) is 1. The molecule has 0 saturated carbocycles. The van der Waals surface area contributed by atoms with E-state index < -0.39 is 9.84 Å². The first kappa shape index (κ1) is 13.0. The van der Waals surface area contributed by atoms with Crippen molar-refractivity contribution in [2.75, 3.05) is 5.75 Å². The van der Waals surface area contributed by atoms with E-state index in [0.717, 1.165) is 16.5 Å². The van der Waals surface area contributed by atoms with E-state index in [4.69, 9.17) is 5.73 Å². The van der Waals surface area contributed by atoms with Crippen molar-refractivity contribution in [1.29, 1.82) is 0 Å². The number of aromatic nitrogens is 1. The van der Waals surface area contributed by atoms with Crippen molar-refractivity contribution in [1.82, 2.24) is 4.98 Å². The molecule has 0 spiro atoms. The topological polar surface area (TPSA) is 73.1 Å². The molecule has 0 saturated heterocycles. The lowest BCUT2D eigenvalue weighted by Crippen LogP contribution is -2.27. The number of sulfone groups is 1. The molecule has 0 amide bonds. The highest BCUT2D eigenvalue weighted by Gasteiger charge is 2.15. The van der Waals surface area contributed by atoms with E-state index in [9.17, 15) is 8.42 Å². The van der Waals surface area contributed by atoms with Crippen molar-refractivity contribution in [3.05, 3.63) is 42.1 Å². The van der Waals surface area contributed by atoms with Gasteiger partial charge in [-0.2, -0.15) is 0 Å². The highest BCUT2D eigenvalue weighted by atomic mass is 32.2. The normalized spacial score (nSPS) is 13.7. The van der Waals surface area contributed by atoms with E-state index in [0.29, 0.717) is 0 Å². The zero-order chi connectivity index (χ0) is 13.2. The number of nitrogens with zero attached hydrogens (tertiary/aromatic N) is 1. The van der Waals surface area contributed by atoms with Gasteiger partial charge in [-0.25, -0.2) is 8.42 Å². The van der Waals surface area contributed by atoms with Gasteiger partial charge in [0.15, 0.2) is 9.84 Å². The summed E-state index contributed by atoms with van der Waals surface area (Å²) >= 11 is 0. The second-order valence-electron chi connectivity index (χ2n) is 4.52. The lowest BCUT2D eigenvalue weighted by Gasteiger charge is -2.09.